The summed E-state index contributed by atoms with van der Waals surface area (Å²) in [7, 11) is 0. The summed E-state index contributed by atoms with van der Waals surface area (Å²) in [6.07, 6.45) is 6.11. The number of hydrogen-bond donors (Lipinski definition) is 2. The number of hydrogen-bond acceptors (Lipinski definition) is 5. The van der Waals surface area contributed by atoms with Crippen LogP contribution in [0.15, 0.2) is 49.1 Å². The first kappa shape index (κ1) is 14.8. The fourth-order valence-corrected chi connectivity index (χ4v) is 3.08. The van der Waals surface area contributed by atoms with Crippen LogP contribution in [0.2, 0.25) is 0 Å². The van der Waals surface area contributed by atoms with E-state index < -0.39 is 0 Å². The van der Waals surface area contributed by atoms with Gasteiger partial charge in [-0.15, -0.1) is 10.2 Å². The fraction of sp³-hybridized carbons (Fsp3) is 0.294. The average Bonchev–Trinajstić information content (AvgIpc) is 3.05. The molecule has 2 N–H and O–H groups in total. The van der Waals surface area contributed by atoms with Crippen molar-refractivity contribution in [1.29, 1.82) is 0 Å². The molecular formula is C17H17N5O2. The Morgan fingerprint density at radius 2 is 2.21 bits per heavy atom. The molecule has 0 aromatic carbocycles. The minimum absolute atomic E-state index is 0.183. The molecule has 0 aliphatic heterocycles. The highest BCUT2D eigenvalue weighted by Crippen LogP contribution is 2.37. The Balaban J connectivity index is 1.58. The molecule has 0 radical (unpaired) electrons. The van der Waals surface area contributed by atoms with E-state index in [9.17, 15) is 9.90 Å². The second-order valence-corrected chi connectivity index (χ2v) is 6.10. The van der Waals surface area contributed by atoms with Gasteiger partial charge in [0.05, 0.1) is 17.8 Å². The number of carbonyl (C=O) groups excluding carboxylic acids is 1. The lowest BCUT2D eigenvalue weighted by molar-refractivity contribution is 0.0228. The van der Waals surface area contributed by atoms with Gasteiger partial charge in [0.25, 0.3) is 5.91 Å². The fourth-order valence-electron chi connectivity index (χ4n) is 3.08. The number of pyridine rings is 2. The van der Waals surface area contributed by atoms with E-state index in [2.05, 4.69) is 20.5 Å². The summed E-state index contributed by atoms with van der Waals surface area (Å²) in [4.78, 5) is 17.0. The first-order valence-electron chi connectivity index (χ1n) is 7.90. The molecule has 3 aromatic rings. The third-order valence-electron chi connectivity index (χ3n) is 4.48. The molecule has 0 saturated heterocycles. The molecule has 1 fully saturated rings. The predicted molar refractivity (Wildman–Crippen MR) is 86.2 cm³/mol. The van der Waals surface area contributed by atoms with Gasteiger partial charge in [0.1, 0.15) is 6.33 Å². The molecule has 7 nitrogen and oxygen atoms in total. The molecule has 4 rings (SSSR count). The molecule has 1 aliphatic rings. The molecule has 1 saturated carbocycles. The number of rotatable bonds is 4. The Morgan fingerprint density at radius 1 is 1.33 bits per heavy atom. The Bertz CT molecular complexity index is 858. The number of fused-ring (bicyclic) bond motifs is 1. The molecule has 24 heavy (non-hydrogen) atoms. The number of carbonyl (C=O) groups is 1. The van der Waals surface area contributed by atoms with Crippen LogP contribution < -0.4 is 5.32 Å². The minimum atomic E-state index is -0.287. The predicted octanol–water partition coefficient (Wildman–Crippen LogP) is 1.37. The molecule has 0 spiro atoms. The molecule has 122 valence electrons. The SMILES string of the molecule is O=C(N[C@H](c1ccccn1)C1CC(O)C1)c1ccn2cnnc2c1. The summed E-state index contributed by atoms with van der Waals surface area (Å²) in [5.41, 5.74) is 1.96. The number of aliphatic hydroxyl groups is 1. The highest BCUT2D eigenvalue weighted by atomic mass is 16.3. The molecule has 0 bridgehead atoms. The maximum absolute atomic E-state index is 12.7. The second-order valence-electron chi connectivity index (χ2n) is 6.10. The van der Waals surface area contributed by atoms with Crippen LogP contribution in [-0.4, -0.2) is 36.7 Å². The smallest absolute Gasteiger partial charge is 0.252 e. The van der Waals surface area contributed by atoms with E-state index in [1.165, 1.54) is 0 Å². The average molecular weight is 323 g/mol. The number of nitrogens with zero attached hydrogens (tertiary/aromatic N) is 4. The monoisotopic (exact) mass is 323 g/mol. The van der Waals surface area contributed by atoms with Gasteiger partial charge < -0.3 is 10.4 Å². The zero-order valence-electron chi connectivity index (χ0n) is 12.9. The maximum Gasteiger partial charge on any atom is 0.252 e. The number of amides is 1. The molecule has 0 unspecified atom stereocenters. The summed E-state index contributed by atoms with van der Waals surface area (Å²) < 4.78 is 1.75. The summed E-state index contributed by atoms with van der Waals surface area (Å²) in [6.45, 7) is 0. The van der Waals surface area contributed by atoms with Crippen LogP contribution in [0.1, 0.15) is 34.9 Å². The molecule has 3 aromatic heterocycles. The van der Waals surface area contributed by atoms with Crippen molar-refractivity contribution in [3.8, 4) is 0 Å². The van der Waals surface area contributed by atoms with Gasteiger partial charge >= 0.3 is 0 Å². The van der Waals surface area contributed by atoms with Gasteiger partial charge in [-0.05, 0) is 43.0 Å². The van der Waals surface area contributed by atoms with Crippen LogP contribution in [0, 0.1) is 5.92 Å². The minimum Gasteiger partial charge on any atom is -0.393 e. The molecule has 3 heterocycles. The Morgan fingerprint density at radius 3 is 2.96 bits per heavy atom. The Kier molecular flexibility index (Phi) is 3.70. The lowest BCUT2D eigenvalue weighted by atomic mass is 9.76. The first-order chi connectivity index (χ1) is 11.7. The van der Waals surface area contributed by atoms with Crippen molar-refractivity contribution >= 4 is 11.6 Å². The number of nitrogens with one attached hydrogen (secondary N) is 1. The van der Waals surface area contributed by atoms with Gasteiger partial charge in [-0.1, -0.05) is 6.07 Å². The summed E-state index contributed by atoms with van der Waals surface area (Å²) in [5.74, 6) is 0.00761. The molecular weight excluding hydrogens is 306 g/mol. The van der Waals surface area contributed by atoms with Crippen molar-refractivity contribution in [3.63, 3.8) is 0 Å². The quantitative estimate of drug-likeness (QED) is 0.756. The van der Waals surface area contributed by atoms with Crippen LogP contribution in [0.25, 0.3) is 5.65 Å². The lowest BCUT2D eigenvalue weighted by Crippen LogP contribution is -2.41. The first-order valence-corrected chi connectivity index (χ1v) is 7.90. The third-order valence-corrected chi connectivity index (χ3v) is 4.48. The van der Waals surface area contributed by atoms with E-state index in [1.54, 1.807) is 35.3 Å². The van der Waals surface area contributed by atoms with Gasteiger partial charge in [0, 0.05) is 18.0 Å². The molecule has 7 heteroatoms. The van der Waals surface area contributed by atoms with Crippen molar-refractivity contribution in [3.05, 3.63) is 60.3 Å². The van der Waals surface area contributed by atoms with Crippen molar-refractivity contribution in [1.82, 2.24) is 24.9 Å². The van der Waals surface area contributed by atoms with Crippen LogP contribution >= 0.6 is 0 Å². The summed E-state index contributed by atoms with van der Waals surface area (Å²) in [6, 6.07) is 8.87. The van der Waals surface area contributed by atoms with E-state index in [0.717, 1.165) is 5.69 Å². The Hall–Kier alpha value is -2.80. The van der Waals surface area contributed by atoms with Crippen LogP contribution in [0.4, 0.5) is 0 Å². The number of aliphatic hydroxyl groups excluding tert-OH is 1. The van der Waals surface area contributed by atoms with Gasteiger partial charge in [0.2, 0.25) is 0 Å². The standard InChI is InChI=1S/C17H17N5O2/c23-13-7-12(8-13)16(14-3-1-2-5-18-14)20-17(24)11-4-6-22-10-19-21-15(22)9-11/h1-6,9-10,12-13,16,23H,7-8H2,(H,20,24)/t12?,13?,16-/m0/s1. The number of aromatic nitrogens is 4. The lowest BCUT2D eigenvalue weighted by Gasteiger charge is -2.37. The Labute approximate surface area is 138 Å². The largest absolute Gasteiger partial charge is 0.393 e. The third kappa shape index (κ3) is 2.74. The van der Waals surface area contributed by atoms with Crippen LogP contribution in [-0.2, 0) is 0 Å². The highest BCUT2D eigenvalue weighted by molar-refractivity contribution is 5.95. The summed E-state index contributed by atoms with van der Waals surface area (Å²) in [5, 5.41) is 20.4. The van der Waals surface area contributed by atoms with Gasteiger partial charge in [-0.25, -0.2) is 0 Å². The maximum atomic E-state index is 12.7. The molecule has 1 amide bonds. The highest BCUT2D eigenvalue weighted by Gasteiger charge is 2.36. The van der Waals surface area contributed by atoms with Crippen molar-refractivity contribution in [2.24, 2.45) is 5.92 Å². The van der Waals surface area contributed by atoms with Crippen molar-refractivity contribution in [2.45, 2.75) is 25.0 Å². The second kappa shape index (κ2) is 6.01. The van der Waals surface area contributed by atoms with E-state index in [0.29, 0.717) is 24.1 Å². The van der Waals surface area contributed by atoms with E-state index in [1.807, 2.05) is 18.2 Å². The van der Waals surface area contributed by atoms with E-state index >= 15 is 0 Å². The van der Waals surface area contributed by atoms with Gasteiger partial charge in [-0.3, -0.25) is 14.2 Å². The van der Waals surface area contributed by atoms with E-state index in [4.69, 9.17) is 0 Å². The zero-order chi connectivity index (χ0) is 16.5. The van der Waals surface area contributed by atoms with Crippen LogP contribution in [0.3, 0.4) is 0 Å². The molecule has 1 atom stereocenters. The van der Waals surface area contributed by atoms with Gasteiger partial charge in [0.15, 0.2) is 5.65 Å². The zero-order valence-corrected chi connectivity index (χ0v) is 12.9. The van der Waals surface area contributed by atoms with Gasteiger partial charge in [-0.2, -0.15) is 0 Å². The van der Waals surface area contributed by atoms with Crippen molar-refractivity contribution < 1.29 is 9.90 Å². The van der Waals surface area contributed by atoms with Crippen LogP contribution in [0.5, 0.6) is 0 Å². The normalized spacial score (nSPS) is 21.2. The molecule has 1 aliphatic carbocycles. The topological polar surface area (TPSA) is 92.4 Å². The summed E-state index contributed by atoms with van der Waals surface area (Å²) >= 11 is 0. The van der Waals surface area contributed by atoms with Crippen molar-refractivity contribution in [2.75, 3.05) is 0 Å². The van der Waals surface area contributed by atoms with E-state index in [-0.39, 0.29) is 24.0 Å².